The van der Waals surface area contributed by atoms with Gasteiger partial charge in [-0.3, -0.25) is 4.79 Å². The number of ether oxygens (including phenoxy) is 1. The average Bonchev–Trinajstić information content (AvgIpc) is 3.05. The van der Waals surface area contributed by atoms with Crippen molar-refractivity contribution in [2.75, 3.05) is 11.9 Å². The minimum Gasteiger partial charge on any atom is -0.462 e. The smallest absolute Gasteiger partial charge is 0.343 e. The molecule has 0 aliphatic carbocycles. The minimum atomic E-state index is -0.558. The largest absolute Gasteiger partial charge is 0.462 e. The van der Waals surface area contributed by atoms with Gasteiger partial charge in [0.25, 0.3) is 0 Å². The van der Waals surface area contributed by atoms with Crippen molar-refractivity contribution in [3.8, 4) is 5.82 Å². The van der Waals surface area contributed by atoms with Gasteiger partial charge >= 0.3 is 5.97 Å². The number of hydrogen-bond donors (Lipinski definition) is 1. The highest BCUT2D eigenvalue weighted by Gasteiger charge is 2.23. The maximum atomic E-state index is 12.2. The number of hydrogen-bond acceptors (Lipinski definition) is 5. The van der Waals surface area contributed by atoms with Gasteiger partial charge in [-0.25, -0.2) is 9.78 Å². The number of alkyl halides is 1. The minimum absolute atomic E-state index is 0.170. The number of pyridine rings is 1. The molecule has 1 unspecified atom stereocenters. The van der Waals surface area contributed by atoms with Crippen molar-refractivity contribution >= 4 is 44.5 Å². The summed E-state index contributed by atoms with van der Waals surface area (Å²) in [6.45, 7) is 3.63. The third-order valence-corrected chi connectivity index (χ3v) is 4.08. The Balaban J connectivity index is 2.09. The number of fused-ring (bicyclic) bond motifs is 1. The molecule has 8 heteroatoms. The molecule has 0 fully saturated rings. The quantitative estimate of drug-likeness (QED) is 0.509. The van der Waals surface area contributed by atoms with Crippen LogP contribution in [0.3, 0.4) is 0 Å². The second-order valence-corrected chi connectivity index (χ2v) is 6.88. The van der Waals surface area contributed by atoms with Gasteiger partial charge in [-0.1, -0.05) is 34.1 Å². The van der Waals surface area contributed by atoms with E-state index in [1.165, 1.54) is 10.9 Å². The Hall–Kier alpha value is -2.74. The zero-order valence-electron chi connectivity index (χ0n) is 14.3. The molecule has 134 valence electrons. The monoisotopic (exact) mass is 416 g/mol. The number of benzene rings is 1. The molecule has 3 aromatic rings. The number of rotatable bonds is 5. The summed E-state index contributed by atoms with van der Waals surface area (Å²) in [6, 6.07) is 11.3. The molecule has 2 aromatic heterocycles. The van der Waals surface area contributed by atoms with Crippen LogP contribution in [0.1, 0.15) is 24.2 Å². The standard InChI is InChI=1S/C18H17BrN4O3/c1-3-26-18(25)13-10-20-23(16(13)22-17(24)11(2)19)15-9-8-12-6-4-5-7-14(12)21-15/h4-11H,3H2,1-2H3,(H,22,24). The molecule has 1 amide bonds. The highest BCUT2D eigenvalue weighted by Crippen LogP contribution is 2.23. The molecule has 2 heterocycles. The van der Waals surface area contributed by atoms with E-state index in [9.17, 15) is 9.59 Å². The van der Waals surface area contributed by atoms with E-state index in [1.54, 1.807) is 19.9 Å². The van der Waals surface area contributed by atoms with Crippen LogP contribution < -0.4 is 5.32 Å². The lowest BCUT2D eigenvalue weighted by Gasteiger charge is -2.12. The second kappa shape index (κ2) is 7.65. The van der Waals surface area contributed by atoms with Crippen LogP contribution in [0.5, 0.6) is 0 Å². The van der Waals surface area contributed by atoms with Gasteiger partial charge in [0.1, 0.15) is 5.56 Å². The van der Waals surface area contributed by atoms with Gasteiger partial charge in [0, 0.05) is 5.39 Å². The van der Waals surface area contributed by atoms with Gasteiger partial charge in [-0.15, -0.1) is 0 Å². The Morgan fingerprint density at radius 2 is 2.04 bits per heavy atom. The summed E-state index contributed by atoms with van der Waals surface area (Å²) in [5.41, 5.74) is 0.952. The number of anilines is 1. The van der Waals surface area contributed by atoms with Gasteiger partial charge in [-0.05, 0) is 32.0 Å². The van der Waals surface area contributed by atoms with Crippen molar-refractivity contribution in [3.05, 3.63) is 48.2 Å². The molecule has 0 saturated heterocycles. The first kappa shape index (κ1) is 18.1. The summed E-state index contributed by atoms with van der Waals surface area (Å²) in [6.07, 6.45) is 1.36. The van der Waals surface area contributed by atoms with Crippen molar-refractivity contribution in [3.63, 3.8) is 0 Å². The molecule has 0 spiro atoms. The van der Waals surface area contributed by atoms with Crippen LogP contribution in [0.25, 0.3) is 16.7 Å². The van der Waals surface area contributed by atoms with Crippen LogP contribution in [-0.2, 0) is 9.53 Å². The van der Waals surface area contributed by atoms with Crippen molar-refractivity contribution in [1.82, 2.24) is 14.8 Å². The molecule has 0 bridgehead atoms. The molecule has 0 radical (unpaired) electrons. The van der Waals surface area contributed by atoms with Crippen LogP contribution in [0.4, 0.5) is 5.82 Å². The molecule has 1 aromatic carbocycles. The lowest BCUT2D eigenvalue weighted by atomic mass is 10.2. The van der Waals surface area contributed by atoms with E-state index in [-0.39, 0.29) is 23.9 Å². The number of nitrogens with one attached hydrogen (secondary N) is 1. The number of amides is 1. The van der Waals surface area contributed by atoms with Gasteiger partial charge in [0.15, 0.2) is 11.6 Å². The van der Waals surface area contributed by atoms with Gasteiger partial charge < -0.3 is 10.1 Å². The summed E-state index contributed by atoms with van der Waals surface area (Å²) in [4.78, 5) is 28.5. The van der Waals surface area contributed by atoms with E-state index in [4.69, 9.17) is 4.74 Å². The van der Waals surface area contributed by atoms with E-state index in [0.717, 1.165) is 10.9 Å². The van der Waals surface area contributed by atoms with Crippen LogP contribution in [0.2, 0.25) is 0 Å². The molecule has 1 N–H and O–H groups in total. The predicted molar refractivity (Wildman–Crippen MR) is 102 cm³/mol. The van der Waals surface area contributed by atoms with Crippen LogP contribution in [0, 0.1) is 0 Å². The average molecular weight is 417 g/mol. The fourth-order valence-corrected chi connectivity index (χ4v) is 2.50. The summed E-state index contributed by atoms with van der Waals surface area (Å²) in [5.74, 6) is -0.158. The van der Waals surface area contributed by atoms with E-state index < -0.39 is 10.8 Å². The maximum Gasteiger partial charge on any atom is 0.343 e. The van der Waals surface area contributed by atoms with Gasteiger partial charge in [0.05, 0.1) is 23.1 Å². The summed E-state index contributed by atoms with van der Waals surface area (Å²) < 4.78 is 6.48. The highest BCUT2D eigenvalue weighted by atomic mass is 79.9. The predicted octanol–water partition coefficient (Wildman–Crippen LogP) is 3.32. The first-order chi connectivity index (χ1) is 12.5. The Bertz CT molecular complexity index is 968. The van der Waals surface area contributed by atoms with Crippen LogP contribution in [0.15, 0.2) is 42.6 Å². The zero-order chi connectivity index (χ0) is 18.7. The SMILES string of the molecule is CCOC(=O)c1cnn(-c2ccc3ccccc3n2)c1NC(=O)C(C)Br. The summed E-state index contributed by atoms with van der Waals surface area (Å²) >= 11 is 3.22. The zero-order valence-corrected chi connectivity index (χ0v) is 15.9. The Morgan fingerprint density at radius 1 is 1.27 bits per heavy atom. The number of nitrogens with zero attached hydrogens (tertiary/aromatic N) is 3. The number of para-hydroxylation sites is 1. The van der Waals surface area contributed by atoms with Crippen molar-refractivity contribution in [2.45, 2.75) is 18.7 Å². The van der Waals surface area contributed by atoms with Gasteiger partial charge in [0.2, 0.25) is 5.91 Å². The number of aromatic nitrogens is 3. The van der Waals surface area contributed by atoms with Crippen molar-refractivity contribution in [1.29, 1.82) is 0 Å². The van der Waals surface area contributed by atoms with E-state index in [1.807, 2.05) is 30.3 Å². The van der Waals surface area contributed by atoms with E-state index >= 15 is 0 Å². The maximum absolute atomic E-state index is 12.2. The molecule has 3 rings (SSSR count). The third kappa shape index (κ3) is 3.60. The fourth-order valence-electron chi connectivity index (χ4n) is 2.39. The lowest BCUT2D eigenvalue weighted by Crippen LogP contribution is -2.23. The topological polar surface area (TPSA) is 86.1 Å². The number of carbonyl (C=O) groups excluding carboxylic acids is 2. The molecule has 0 aliphatic heterocycles. The molecule has 7 nitrogen and oxygen atoms in total. The third-order valence-electron chi connectivity index (χ3n) is 3.67. The summed E-state index contributed by atoms with van der Waals surface area (Å²) in [5, 5.41) is 7.93. The molecular formula is C18H17BrN4O3. The first-order valence-corrected chi connectivity index (χ1v) is 8.99. The summed E-state index contributed by atoms with van der Waals surface area (Å²) in [7, 11) is 0. The highest BCUT2D eigenvalue weighted by molar-refractivity contribution is 9.10. The second-order valence-electron chi connectivity index (χ2n) is 5.51. The van der Waals surface area contributed by atoms with Crippen molar-refractivity contribution in [2.24, 2.45) is 0 Å². The Kier molecular flexibility index (Phi) is 5.32. The molecular weight excluding hydrogens is 400 g/mol. The normalized spacial score (nSPS) is 12.0. The van der Waals surface area contributed by atoms with E-state index in [0.29, 0.717) is 5.82 Å². The number of halogens is 1. The Morgan fingerprint density at radius 3 is 2.77 bits per heavy atom. The Labute approximate surface area is 158 Å². The van der Waals surface area contributed by atoms with Gasteiger partial charge in [-0.2, -0.15) is 9.78 Å². The molecule has 0 aliphatic rings. The number of esters is 1. The van der Waals surface area contributed by atoms with Crippen LogP contribution >= 0.6 is 15.9 Å². The fraction of sp³-hybridized carbons (Fsp3) is 0.222. The van der Waals surface area contributed by atoms with Crippen LogP contribution in [-0.4, -0.2) is 38.1 Å². The molecule has 1 atom stereocenters. The first-order valence-electron chi connectivity index (χ1n) is 8.07. The van der Waals surface area contributed by atoms with Crippen molar-refractivity contribution < 1.29 is 14.3 Å². The molecule has 0 saturated carbocycles. The molecule has 26 heavy (non-hydrogen) atoms. The van der Waals surface area contributed by atoms with E-state index in [2.05, 4.69) is 31.3 Å². The lowest BCUT2D eigenvalue weighted by molar-refractivity contribution is -0.115. The number of carbonyl (C=O) groups is 2.